The zero-order chi connectivity index (χ0) is 6.91. The van der Waals surface area contributed by atoms with Crippen LogP contribution in [0, 0.1) is 0 Å². The molecule has 0 saturated heterocycles. The Hall–Kier alpha value is -0.180. The van der Waals surface area contributed by atoms with Crippen molar-refractivity contribution in [3.8, 4) is 0 Å². The summed E-state index contributed by atoms with van der Waals surface area (Å²) >= 11 is 1.66. The van der Waals surface area contributed by atoms with Crippen molar-refractivity contribution in [2.24, 2.45) is 5.16 Å². The fourth-order valence-corrected chi connectivity index (χ4v) is 1.32. The maximum absolute atomic E-state index is 5.11. The van der Waals surface area contributed by atoms with Crippen molar-refractivity contribution in [3.05, 3.63) is 0 Å². The first kappa shape index (κ1) is 6.93. The van der Waals surface area contributed by atoms with Crippen LogP contribution in [-0.4, -0.2) is 16.9 Å². The first-order valence-electron chi connectivity index (χ1n) is 2.93. The lowest BCUT2D eigenvalue weighted by atomic mass is 10.1. The van der Waals surface area contributed by atoms with Gasteiger partial charge in [-0.25, -0.2) is 0 Å². The molecule has 2 nitrogen and oxygen atoms in total. The molecular formula is C6H11NOS. The molecule has 0 N–H and O–H groups in total. The lowest BCUT2D eigenvalue weighted by Gasteiger charge is -2.12. The number of rotatable bonds is 0. The molecule has 0 bridgehead atoms. The number of hydrogen-bond donors (Lipinski definition) is 0. The third kappa shape index (κ3) is 1.61. The summed E-state index contributed by atoms with van der Waals surface area (Å²) in [5.41, 5.74) is -0.0572. The smallest absolute Gasteiger partial charge is 0.138 e. The van der Waals surface area contributed by atoms with E-state index >= 15 is 0 Å². The standard InChI is InChI=1S/C6H11NOS/c1-6(2)4-5(9-3)7-8-6/h4H2,1-3H3. The fraction of sp³-hybridized carbons (Fsp3) is 0.833. The summed E-state index contributed by atoms with van der Waals surface area (Å²) in [6.45, 7) is 4.08. The summed E-state index contributed by atoms with van der Waals surface area (Å²) in [5.74, 6) is 0. The third-order valence-electron chi connectivity index (χ3n) is 1.21. The van der Waals surface area contributed by atoms with E-state index < -0.39 is 0 Å². The molecule has 0 radical (unpaired) electrons. The molecule has 0 aromatic heterocycles. The van der Waals surface area contributed by atoms with Gasteiger partial charge in [0.2, 0.25) is 0 Å². The molecule has 1 aliphatic heterocycles. The van der Waals surface area contributed by atoms with Crippen LogP contribution >= 0.6 is 11.8 Å². The normalized spacial score (nSPS) is 23.2. The maximum Gasteiger partial charge on any atom is 0.138 e. The van der Waals surface area contributed by atoms with Gasteiger partial charge in [-0.2, -0.15) is 0 Å². The van der Waals surface area contributed by atoms with E-state index in [9.17, 15) is 0 Å². The Kier molecular flexibility index (Phi) is 1.70. The average molecular weight is 145 g/mol. The summed E-state index contributed by atoms with van der Waals surface area (Å²) in [6, 6.07) is 0. The molecule has 0 aromatic carbocycles. The predicted octanol–water partition coefficient (Wildman–Crippen LogP) is 1.86. The largest absolute Gasteiger partial charge is 0.389 e. The second-order valence-electron chi connectivity index (χ2n) is 2.72. The average Bonchev–Trinajstić information content (AvgIpc) is 2.10. The van der Waals surface area contributed by atoms with E-state index in [0.29, 0.717) is 0 Å². The molecule has 0 amide bonds. The van der Waals surface area contributed by atoms with Crippen LogP contribution in [0.1, 0.15) is 20.3 Å². The monoisotopic (exact) mass is 145 g/mol. The minimum Gasteiger partial charge on any atom is -0.389 e. The molecule has 1 heterocycles. The van der Waals surface area contributed by atoms with Crippen molar-refractivity contribution in [3.63, 3.8) is 0 Å². The summed E-state index contributed by atoms with van der Waals surface area (Å²) in [6.07, 6.45) is 2.97. The van der Waals surface area contributed by atoms with Gasteiger partial charge in [0.25, 0.3) is 0 Å². The first-order valence-corrected chi connectivity index (χ1v) is 4.15. The van der Waals surface area contributed by atoms with Crippen LogP contribution in [0.5, 0.6) is 0 Å². The van der Waals surface area contributed by atoms with Crippen LogP contribution in [0.2, 0.25) is 0 Å². The summed E-state index contributed by atoms with van der Waals surface area (Å²) in [5, 5.41) is 4.98. The number of nitrogens with zero attached hydrogens (tertiary/aromatic N) is 1. The highest BCUT2D eigenvalue weighted by atomic mass is 32.2. The molecule has 0 spiro atoms. The molecule has 52 valence electrons. The van der Waals surface area contributed by atoms with E-state index in [-0.39, 0.29) is 5.60 Å². The van der Waals surface area contributed by atoms with Crippen LogP contribution in [0.25, 0.3) is 0 Å². The summed E-state index contributed by atoms with van der Waals surface area (Å²) in [4.78, 5) is 5.11. The van der Waals surface area contributed by atoms with E-state index in [1.807, 2.05) is 20.1 Å². The Morgan fingerprint density at radius 1 is 1.67 bits per heavy atom. The molecule has 1 aliphatic rings. The number of thioether (sulfide) groups is 1. The zero-order valence-corrected chi connectivity index (χ0v) is 6.79. The quantitative estimate of drug-likeness (QED) is 0.519. The molecule has 9 heavy (non-hydrogen) atoms. The van der Waals surface area contributed by atoms with Crippen molar-refractivity contribution in [1.29, 1.82) is 0 Å². The summed E-state index contributed by atoms with van der Waals surface area (Å²) < 4.78 is 0. The first-order chi connectivity index (χ1) is 4.14. The van der Waals surface area contributed by atoms with Crippen molar-refractivity contribution < 1.29 is 4.84 Å². The lowest BCUT2D eigenvalue weighted by Crippen LogP contribution is -2.17. The van der Waals surface area contributed by atoms with E-state index in [1.165, 1.54) is 0 Å². The highest BCUT2D eigenvalue weighted by Crippen LogP contribution is 2.25. The van der Waals surface area contributed by atoms with E-state index in [2.05, 4.69) is 5.16 Å². The van der Waals surface area contributed by atoms with E-state index in [4.69, 9.17) is 4.84 Å². The highest BCUT2D eigenvalue weighted by molar-refractivity contribution is 8.13. The maximum atomic E-state index is 5.11. The molecule has 0 saturated carbocycles. The number of oxime groups is 1. The molecular weight excluding hydrogens is 134 g/mol. The Bertz CT molecular complexity index is 142. The van der Waals surface area contributed by atoms with Crippen molar-refractivity contribution >= 4 is 16.8 Å². The van der Waals surface area contributed by atoms with E-state index in [0.717, 1.165) is 11.5 Å². The molecule has 0 fully saturated rings. The van der Waals surface area contributed by atoms with Crippen LogP contribution in [-0.2, 0) is 4.84 Å². The minimum absolute atomic E-state index is 0.0572. The van der Waals surface area contributed by atoms with Crippen molar-refractivity contribution in [1.82, 2.24) is 0 Å². The van der Waals surface area contributed by atoms with Gasteiger partial charge in [0.15, 0.2) is 0 Å². The van der Waals surface area contributed by atoms with Crippen LogP contribution in [0.3, 0.4) is 0 Å². The van der Waals surface area contributed by atoms with Gasteiger partial charge in [-0.15, -0.1) is 11.8 Å². The molecule has 0 aromatic rings. The Balaban J connectivity index is 2.50. The Labute approximate surface area is 59.6 Å². The van der Waals surface area contributed by atoms with Gasteiger partial charge < -0.3 is 4.84 Å². The molecule has 3 heteroatoms. The van der Waals surface area contributed by atoms with Crippen LogP contribution < -0.4 is 0 Å². The molecule has 1 rings (SSSR count). The zero-order valence-electron chi connectivity index (χ0n) is 5.97. The van der Waals surface area contributed by atoms with Gasteiger partial charge in [-0.05, 0) is 20.1 Å². The van der Waals surface area contributed by atoms with Crippen molar-refractivity contribution in [2.75, 3.05) is 6.26 Å². The van der Waals surface area contributed by atoms with Gasteiger partial charge >= 0.3 is 0 Å². The second kappa shape index (κ2) is 2.21. The number of hydrogen-bond acceptors (Lipinski definition) is 3. The van der Waals surface area contributed by atoms with Gasteiger partial charge in [-0.3, -0.25) is 0 Å². The minimum atomic E-state index is -0.0572. The van der Waals surface area contributed by atoms with Crippen LogP contribution in [0.15, 0.2) is 5.16 Å². The van der Waals surface area contributed by atoms with Gasteiger partial charge in [0, 0.05) is 6.42 Å². The van der Waals surface area contributed by atoms with Gasteiger partial charge in [-0.1, -0.05) is 5.16 Å². The van der Waals surface area contributed by atoms with Crippen LogP contribution in [0.4, 0.5) is 0 Å². The van der Waals surface area contributed by atoms with Crippen molar-refractivity contribution in [2.45, 2.75) is 25.9 Å². The van der Waals surface area contributed by atoms with Gasteiger partial charge in [0.1, 0.15) is 10.6 Å². The molecule has 0 aliphatic carbocycles. The Morgan fingerprint density at radius 2 is 2.33 bits per heavy atom. The molecule has 0 atom stereocenters. The second-order valence-corrected chi connectivity index (χ2v) is 3.60. The summed E-state index contributed by atoms with van der Waals surface area (Å²) in [7, 11) is 0. The lowest BCUT2D eigenvalue weighted by molar-refractivity contribution is 0.0123. The SMILES string of the molecule is CSC1=NOC(C)(C)C1. The fourth-order valence-electron chi connectivity index (χ4n) is 0.713. The topological polar surface area (TPSA) is 21.6 Å². The highest BCUT2D eigenvalue weighted by Gasteiger charge is 2.27. The molecule has 0 unspecified atom stereocenters. The Morgan fingerprint density at radius 3 is 2.56 bits per heavy atom. The van der Waals surface area contributed by atoms with E-state index in [1.54, 1.807) is 11.8 Å². The third-order valence-corrected chi connectivity index (χ3v) is 1.90. The predicted molar refractivity (Wildman–Crippen MR) is 40.7 cm³/mol. The van der Waals surface area contributed by atoms with Gasteiger partial charge in [0.05, 0.1) is 0 Å².